The molecule has 3 heteroatoms. The van der Waals surface area contributed by atoms with Gasteiger partial charge in [-0.15, -0.1) is 11.3 Å². The Hall–Kier alpha value is -2.00. The highest BCUT2D eigenvalue weighted by Gasteiger charge is 2.47. The maximum absolute atomic E-state index is 5.21. The molecule has 0 saturated carbocycles. The van der Waals surface area contributed by atoms with Crippen LogP contribution >= 0.6 is 11.3 Å². The number of unbranched alkanes of at least 4 members (excludes halogenated alkanes) is 5. The first-order valence-electron chi connectivity index (χ1n) is 11.8. The molecular weight excluding hydrogens is 384 g/mol. The Balaban J connectivity index is 1.35. The summed E-state index contributed by atoms with van der Waals surface area (Å²) in [5.74, 6) is 0. The average molecular weight is 417 g/mol. The molecule has 0 unspecified atom stereocenters. The molecule has 2 aliphatic rings. The lowest BCUT2D eigenvalue weighted by molar-refractivity contribution is 0.484. The van der Waals surface area contributed by atoms with E-state index in [4.69, 9.17) is 9.97 Å². The van der Waals surface area contributed by atoms with Gasteiger partial charge in [0.2, 0.25) is 0 Å². The molecule has 0 bridgehead atoms. The fourth-order valence-electron chi connectivity index (χ4n) is 5.50. The molecule has 3 aromatic rings. The molecule has 30 heavy (non-hydrogen) atoms. The second kappa shape index (κ2) is 8.63. The minimum absolute atomic E-state index is 0.0522. The Morgan fingerprint density at radius 1 is 0.933 bits per heavy atom. The first kappa shape index (κ1) is 19.9. The number of aryl methyl sites for hydroxylation is 3. The Morgan fingerprint density at radius 2 is 1.77 bits per heavy atom. The van der Waals surface area contributed by atoms with Gasteiger partial charge in [0, 0.05) is 6.20 Å². The molecule has 3 heterocycles. The van der Waals surface area contributed by atoms with Crippen molar-refractivity contribution in [1.82, 2.24) is 9.97 Å². The second-order valence-corrected chi connectivity index (χ2v) is 10.1. The number of fused-ring (bicyclic) bond motifs is 4. The van der Waals surface area contributed by atoms with Crippen LogP contribution in [-0.4, -0.2) is 9.97 Å². The summed E-state index contributed by atoms with van der Waals surface area (Å²) in [5.41, 5.74) is 8.15. The van der Waals surface area contributed by atoms with E-state index in [1.165, 1.54) is 90.7 Å². The molecule has 2 aliphatic carbocycles. The normalized spacial score (nSPS) is 19.4. The van der Waals surface area contributed by atoms with E-state index >= 15 is 0 Å². The van der Waals surface area contributed by atoms with Crippen LogP contribution in [0.5, 0.6) is 0 Å². The number of aromatic nitrogens is 2. The van der Waals surface area contributed by atoms with E-state index < -0.39 is 0 Å². The lowest BCUT2D eigenvalue weighted by Crippen LogP contribution is -2.24. The van der Waals surface area contributed by atoms with Crippen LogP contribution < -0.4 is 0 Å². The largest absolute Gasteiger partial charge is 0.260 e. The van der Waals surface area contributed by atoms with Crippen molar-refractivity contribution in [2.24, 2.45) is 0 Å². The van der Waals surface area contributed by atoms with E-state index in [-0.39, 0.29) is 5.41 Å². The molecule has 5 rings (SSSR count). The molecular formula is C27H32N2S. The Morgan fingerprint density at radius 3 is 2.60 bits per heavy atom. The van der Waals surface area contributed by atoms with E-state index in [9.17, 15) is 0 Å². The molecule has 0 radical (unpaired) electrons. The summed E-state index contributed by atoms with van der Waals surface area (Å²) in [6.45, 7) is 2.28. The van der Waals surface area contributed by atoms with E-state index in [0.29, 0.717) is 0 Å². The smallest absolute Gasteiger partial charge is 0.0805 e. The molecule has 0 aliphatic heterocycles. The predicted molar refractivity (Wildman–Crippen MR) is 126 cm³/mol. The standard InChI is InChI=1S/C27H32N2S/c1-2-3-4-5-6-7-9-20-18-22-14-16-27(25(22)28-19-20)15-13-21-11-12-23(29-26(21)27)24-10-8-17-30-24/h8,10-12,17-19H,2-7,9,13-16H2,1H3/t27-/m0/s1. The minimum Gasteiger partial charge on any atom is -0.260 e. The molecule has 156 valence electrons. The highest BCUT2D eigenvalue weighted by Crippen LogP contribution is 2.51. The van der Waals surface area contributed by atoms with Gasteiger partial charge in [0.1, 0.15) is 0 Å². The number of hydrogen-bond acceptors (Lipinski definition) is 3. The number of nitrogens with zero attached hydrogens (tertiary/aromatic N) is 2. The fourth-order valence-corrected chi connectivity index (χ4v) is 6.20. The van der Waals surface area contributed by atoms with Gasteiger partial charge >= 0.3 is 0 Å². The monoisotopic (exact) mass is 416 g/mol. The summed E-state index contributed by atoms with van der Waals surface area (Å²) in [6.07, 6.45) is 16.1. The average Bonchev–Trinajstić information content (AvgIpc) is 3.51. The number of rotatable bonds is 8. The van der Waals surface area contributed by atoms with Crippen LogP contribution in [0.25, 0.3) is 10.6 Å². The quantitative estimate of drug-likeness (QED) is 0.360. The zero-order valence-corrected chi connectivity index (χ0v) is 18.9. The Bertz CT molecular complexity index is 1010. The van der Waals surface area contributed by atoms with Crippen LogP contribution in [0.3, 0.4) is 0 Å². The van der Waals surface area contributed by atoms with Crippen molar-refractivity contribution in [2.45, 2.75) is 83.0 Å². The molecule has 1 spiro atoms. The third kappa shape index (κ3) is 3.62. The van der Waals surface area contributed by atoms with Gasteiger partial charge in [-0.1, -0.05) is 57.2 Å². The number of hydrogen-bond donors (Lipinski definition) is 0. The Kier molecular flexibility index (Phi) is 5.73. The van der Waals surface area contributed by atoms with E-state index in [1.807, 2.05) is 0 Å². The van der Waals surface area contributed by atoms with Gasteiger partial charge in [-0.25, -0.2) is 0 Å². The zero-order valence-electron chi connectivity index (χ0n) is 18.1. The topological polar surface area (TPSA) is 25.8 Å². The Labute approximate surface area is 184 Å². The molecule has 0 amide bonds. The lowest BCUT2D eigenvalue weighted by Gasteiger charge is -2.24. The van der Waals surface area contributed by atoms with Crippen molar-refractivity contribution in [3.63, 3.8) is 0 Å². The van der Waals surface area contributed by atoms with Crippen LogP contribution in [0.4, 0.5) is 0 Å². The van der Waals surface area contributed by atoms with Crippen LogP contribution in [0.1, 0.15) is 86.4 Å². The molecule has 0 fully saturated rings. The van der Waals surface area contributed by atoms with Crippen molar-refractivity contribution < 1.29 is 0 Å². The van der Waals surface area contributed by atoms with Crippen molar-refractivity contribution in [1.29, 1.82) is 0 Å². The van der Waals surface area contributed by atoms with Crippen molar-refractivity contribution in [2.75, 3.05) is 0 Å². The zero-order chi connectivity index (χ0) is 20.4. The van der Waals surface area contributed by atoms with Crippen molar-refractivity contribution >= 4 is 11.3 Å². The SMILES string of the molecule is CCCCCCCCc1cnc2c(c1)CC[C@@]21CCc2ccc(-c3cccs3)nc21. The summed E-state index contributed by atoms with van der Waals surface area (Å²) >= 11 is 1.78. The van der Waals surface area contributed by atoms with Crippen molar-refractivity contribution in [3.8, 4) is 10.6 Å². The first-order valence-corrected chi connectivity index (χ1v) is 12.7. The fraction of sp³-hybridized carbons (Fsp3) is 0.481. The number of thiophene rings is 1. The summed E-state index contributed by atoms with van der Waals surface area (Å²) in [6, 6.07) is 11.3. The van der Waals surface area contributed by atoms with Crippen LogP contribution in [0, 0.1) is 0 Å². The van der Waals surface area contributed by atoms with Crippen LogP contribution in [0.2, 0.25) is 0 Å². The first-order chi connectivity index (χ1) is 14.8. The molecule has 3 aromatic heterocycles. The van der Waals surface area contributed by atoms with Gasteiger partial charge in [0.25, 0.3) is 0 Å². The van der Waals surface area contributed by atoms with E-state index in [1.54, 1.807) is 11.3 Å². The van der Waals surface area contributed by atoms with E-state index in [2.05, 4.69) is 48.8 Å². The number of pyridine rings is 2. The summed E-state index contributed by atoms with van der Waals surface area (Å²) in [4.78, 5) is 11.5. The van der Waals surface area contributed by atoms with Gasteiger partial charge in [-0.2, -0.15) is 0 Å². The van der Waals surface area contributed by atoms with Gasteiger partial charge in [-0.05, 0) is 72.7 Å². The maximum Gasteiger partial charge on any atom is 0.0805 e. The van der Waals surface area contributed by atoms with Crippen LogP contribution in [0.15, 0.2) is 41.9 Å². The van der Waals surface area contributed by atoms with Crippen LogP contribution in [-0.2, 0) is 24.7 Å². The summed E-state index contributed by atoms with van der Waals surface area (Å²) < 4.78 is 0. The summed E-state index contributed by atoms with van der Waals surface area (Å²) in [7, 11) is 0. The highest BCUT2D eigenvalue weighted by molar-refractivity contribution is 7.13. The molecule has 0 N–H and O–H groups in total. The third-order valence-electron chi connectivity index (χ3n) is 7.14. The van der Waals surface area contributed by atoms with Gasteiger partial charge in [0.05, 0.1) is 27.4 Å². The summed E-state index contributed by atoms with van der Waals surface area (Å²) in [5, 5.41) is 2.14. The highest BCUT2D eigenvalue weighted by atomic mass is 32.1. The van der Waals surface area contributed by atoms with E-state index in [0.717, 1.165) is 18.5 Å². The minimum atomic E-state index is 0.0522. The molecule has 0 aromatic carbocycles. The van der Waals surface area contributed by atoms with Gasteiger partial charge < -0.3 is 0 Å². The van der Waals surface area contributed by atoms with Gasteiger partial charge in [0.15, 0.2) is 0 Å². The predicted octanol–water partition coefficient (Wildman–Crippen LogP) is 7.29. The molecule has 1 atom stereocenters. The molecule has 2 nitrogen and oxygen atoms in total. The van der Waals surface area contributed by atoms with Gasteiger partial charge in [-0.3, -0.25) is 9.97 Å². The van der Waals surface area contributed by atoms with Crippen molar-refractivity contribution in [3.05, 3.63) is 70.0 Å². The third-order valence-corrected chi connectivity index (χ3v) is 8.04. The lowest BCUT2D eigenvalue weighted by atomic mass is 9.82. The maximum atomic E-state index is 5.21. The second-order valence-electron chi connectivity index (χ2n) is 9.13. The molecule has 0 saturated heterocycles.